The van der Waals surface area contributed by atoms with Crippen LogP contribution in [0.4, 0.5) is 0 Å². The van der Waals surface area contributed by atoms with E-state index in [2.05, 4.69) is 15.7 Å². The van der Waals surface area contributed by atoms with Gasteiger partial charge in [0.2, 0.25) is 5.91 Å². The van der Waals surface area contributed by atoms with Crippen LogP contribution in [0.25, 0.3) is 0 Å². The van der Waals surface area contributed by atoms with Gasteiger partial charge in [0, 0.05) is 44.7 Å². The third kappa shape index (κ3) is 5.93. The van der Waals surface area contributed by atoms with E-state index in [1.807, 2.05) is 45.0 Å². The minimum atomic E-state index is -0.380. The summed E-state index contributed by atoms with van der Waals surface area (Å²) in [4.78, 5) is 39.2. The highest BCUT2D eigenvalue weighted by atomic mass is 16.2. The zero-order chi connectivity index (χ0) is 22.4. The summed E-state index contributed by atoms with van der Waals surface area (Å²) < 4.78 is 1.61. The van der Waals surface area contributed by atoms with Crippen molar-refractivity contribution in [1.29, 1.82) is 0 Å². The molecule has 166 valence electrons. The Kier molecular flexibility index (Phi) is 7.44. The zero-order valence-electron chi connectivity index (χ0n) is 18.5. The second-order valence-electron chi connectivity index (χ2n) is 8.09. The fourth-order valence-electron chi connectivity index (χ4n) is 3.44. The highest BCUT2D eigenvalue weighted by Crippen LogP contribution is 2.17. The van der Waals surface area contributed by atoms with Crippen LogP contribution < -0.4 is 10.6 Å². The fraction of sp³-hybridized carbons (Fsp3) is 0.478. The largest absolute Gasteiger partial charge is 0.354 e. The SMILES string of the molecule is CC[C@H](C)NC(=O)CCNC(=O)c1cc2n(n1)CCCN(Cc1ccc(C)cc1)C2=O. The first-order valence-corrected chi connectivity index (χ1v) is 10.9. The summed E-state index contributed by atoms with van der Waals surface area (Å²) >= 11 is 0. The molecule has 2 N–H and O–H groups in total. The molecule has 1 aromatic heterocycles. The molecule has 1 atom stereocenters. The molecule has 3 rings (SSSR count). The molecule has 3 amide bonds. The first-order chi connectivity index (χ1) is 14.9. The van der Waals surface area contributed by atoms with Crippen molar-refractivity contribution in [3.8, 4) is 0 Å². The first-order valence-electron chi connectivity index (χ1n) is 10.9. The Morgan fingerprint density at radius 1 is 1.19 bits per heavy atom. The van der Waals surface area contributed by atoms with Crippen LogP contribution in [-0.2, 0) is 17.9 Å². The van der Waals surface area contributed by atoms with E-state index in [9.17, 15) is 14.4 Å². The maximum atomic E-state index is 13.1. The molecule has 1 aliphatic rings. The maximum absolute atomic E-state index is 13.1. The summed E-state index contributed by atoms with van der Waals surface area (Å²) in [6.45, 7) is 7.93. The van der Waals surface area contributed by atoms with Crippen LogP contribution >= 0.6 is 0 Å². The van der Waals surface area contributed by atoms with Gasteiger partial charge in [-0.2, -0.15) is 5.10 Å². The molecular formula is C23H31N5O3. The van der Waals surface area contributed by atoms with E-state index in [0.717, 1.165) is 18.4 Å². The van der Waals surface area contributed by atoms with Gasteiger partial charge in [0.25, 0.3) is 11.8 Å². The Balaban J connectivity index is 1.60. The Morgan fingerprint density at radius 3 is 2.65 bits per heavy atom. The van der Waals surface area contributed by atoms with Crippen molar-refractivity contribution in [2.75, 3.05) is 13.1 Å². The van der Waals surface area contributed by atoms with E-state index >= 15 is 0 Å². The lowest BCUT2D eigenvalue weighted by Crippen LogP contribution is -2.35. The molecule has 0 saturated heterocycles. The average molecular weight is 426 g/mol. The number of aryl methyl sites for hydroxylation is 2. The van der Waals surface area contributed by atoms with E-state index in [1.54, 1.807) is 15.6 Å². The minimum Gasteiger partial charge on any atom is -0.354 e. The number of benzene rings is 1. The Hall–Kier alpha value is -3.16. The normalized spacial score (nSPS) is 14.5. The summed E-state index contributed by atoms with van der Waals surface area (Å²) in [5, 5.41) is 9.91. The maximum Gasteiger partial charge on any atom is 0.272 e. The zero-order valence-corrected chi connectivity index (χ0v) is 18.5. The predicted octanol–water partition coefficient (Wildman–Crippen LogP) is 2.27. The van der Waals surface area contributed by atoms with E-state index in [0.29, 0.717) is 25.3 Å². The van der Waals surface area contributed by atoms with E-state index in [1.165, 1.54) is 5.56 Å². The molecule has 8 heteroatoms. The Morgan fingerprint density at radius 2 is 1.94 bits per heavy atom. The smallest absolute Gasteiger partial charge is 0.272 e. The number of aromatic nitrogens is 2. The van der Waals surface area contributed by atoms with E-state index in [-0.39, 0.29) is 42.4 Å². The van der Waals surface area contributed by atoms with Gasteiger partial charge < -0.3 is 15.5 Å². The van der Waals surface area contributed by atoms with E-state index in [4.69, 9.17) is 0 Å². The molecule has 0 aliphatic carbocycles. The summed E-state index contributed by atoms with van der Waals surface area (Å²) in [5.74, 6) is -0.607. The van der Waals surface area contributed by atoms with Crippen molar-refractivity contribution in [2.45, 2.75) is 59.2 Å². The molecule has 0 unspecified atom stereocenters. The quantitative estimate of drug-likeness (QED) is 0.678. The lowest BCUT2D eigenvalue weighted by atomic mass is 10.1. The Labute approximate surface area is 183 Å². The van der Waals surface area contributed by atoms with Crippen LogP contribution in [0.5, 0.6) is 0 Å². The van der Waals surface area contributed by atoms with Crippen molar-refractivity contribution >= 4 is 17.7 Å². The van der Waals surface area contributed by atoms with Gasteiger partial charge in [-0.25, -0.2) is 0 Å². The van der Waals surface area contributed by atoms with Crippen LogP contribution in [0, 0.1) is 6.92 Å². The van der Waals surface area contributed by atoms with Gasteiger partial charge in [-0.15, -0.1) is 0 Å². The molecule has 8 nitrogen and oxygen atoms in total. The molecule has 0 saturated carbocycles. The van der Waals surface area contributed by atoms with E-state index < -0.39 is 0 Å². The van der Waals surface area contributed by atoms with Crippen molar-refractivity contribution < 1.29 is 14.4 Å². The summed E-state index contributed by atoms with van der Waals surface area (Å²) in [5.41, 5.74) is 2.87. The highest BCUT2D eigenvalue weighted by molar-refractivity contribution is 5.98. The van der Waals surface area contributed by atoms with Crippen LogP contribution in [0.2, 0.25) is 0 Å². The first kappa shape index (κ1) is 22.5. The summed E-state index contributed by atoms with van der Waals surface area (Å²) in [6, 6.07) is 9.79. The van der Waals surface area contributed by atoms with Gasteiger partial charge in [-0.3, -0.25) is 19.1 Å². The lowest BCUT2D eigenvalue weighted by Gasteiger charge is -2.20. The second-order valence-corrected chi connectivity index (χ2v) is 8.09. The number of nitrogens with zero attached hydrogens (tertiary/aromatic N) is 3. The lowest BCUT2D eigenvalue weighted by molar-refractivity contribution is -0.121. The summed E-state index contributed by atoms with van der Waals surface area (Å²) in [7, 11) is 0. The molecule has 0 spiro atoms. The molecule has 0 bridgehead atoms. The van der Waals surface area contributed by atoms with Crippen LogP contribution in [0.1, 0.15) is 65.2 Å². The number of carbonyl (C=O) groups is 3. The van der Waals surface area contributed by atoms with Crippen molar-refractivity contribution in [1.82, 2.24) is 25.3 Å². The van der Waals surface area contributed by atoms with Crippen molar-refractivity contribution in [2.24, 2.45) is 0 Å². The number of hydrogen-bond donors (Lipinski definition) is 2. The summed E-state index contributed by atoms with van der Waals surface area (Å²) in [6.07, 6.45) is 1.82. The molecular weight excluding hydrogens is 394 g/mol. The van der Waals surface area contributed by atoms with Crippen LogP contribution in [0.15, 0.2) is 30.3 Å². The van der Waals surface area contributed by atoms with Gasteiger partial charge in [0.05, 0.1) is 0 Å². The van der Waals surface area contributed by atoms with Gasteiger partial charge in [-0.1, -0.05) is 36.8 Å². The number of hydrogen-bond acceptors (Lipinski definition) is 4. The monoisotopic (exact) mass is 425 g/mol. The van der Waals surface area contributed by atoms with Gasteiger partial charge in [0.1, 0.15) is 5.69 Å². The van der Waals surface area contributed by atoms with Gasteiger partial charge in [0.15, 0.2) is 5.69 Å². The number of fused-ring (bicyclic) bond motifs is 1. The molecule has 0 radical (unpaired) electrons. The molecule has 2 heterocycles. The molecule has 0 fully saturated rings. The molecule has 31 heavy (non-hydrogen) atoms. The van der Waals surface area contributed by atoms with Gasteiger partial charge in [-0.05, 0) is 32.3 Å². The third-order valence-electron chi connectivity index (χ3n) is 5.47. The van der Waals surface area contributed by atoms with Crippen LogP contribution in [0.3, 0.4) is 0 Å². The number of rotatable bonds is 8. The number of amides is 3. The highest BCUT2D eigenvalue weighted by Gasteiger charge is 2.26. The molecule has 2 aromatic rings. The predicted molar refractivity (Wildman–Crippen MR) is 118 cm³/mol. The number of carbonyl (C=O) groups excluding carboxylic acids is 3. The third-order valence-corrected chi connectivity index (χ3v) is 5.47. The van der Waals surface area contributed by atoms with Gasteiger partial charge >= 0.3 is 0 Å². The number of nitrogens with one attached hydrogen (secondary N) is 2. The average Bonchev–Trinajstić information content (AvgIpc) is 3.12. The minimum absolute atomic E-state index is 0.0998. The standard InChI is InChI=1S/C23H31N5O3/c1-4-17(3)25-21(29)10-11-24-22(30)19-14-20-23(31)27(12-5-13-28(20)26-19)15-18-8-6-16(2)7-9-18/h6-9,14,17H,4-5,10-13,15H2,1-3H3,(H,24,30)(H,25,29)/t17-/m0/s1. The van der Waals surface area contributed by atoms with Crippen molar-refractivity contribution in [3.05, 3.63) is 52.8 Å². The molecule has 1 aromatic carbocycles. The molecule has 1 aliphatic heterocycles. The van der Waals surface area contributed by atoms with Crippen molar-refractivity contribution in [3.63, 3.8) is 0 Å². The second kappa shape index (κ2) is 10.2. The topological polar surface area (TPSA) is 96.3 Å². The fourth-order valence-corrected chi connectivity index (χ4v) is 3.44. The Bertz CT molecular complexity index is 935. The van der Waals surface area contributed by atoms with Crippen LogP contribution in [-0.4, -0.2) is 51.5 Å².